The van der Waals surface area contributed by atoms with Crippen LogP contribution < -0.4 is 0 Å². The quantitative estimate of drug-likeness (QED) is 0.274. The molecule has 0 bridgehead atoms. The number of hydrogen-bond acceptors (Lipinski definition) is 3. The Morgan fingerprint density at radius 1 is 0.667 bits per heavy atom. The third-order valence-electron chi connectivity index (χ3n) is 0.250. The molecular formula is H3Bi3O3. The van der Waals surface area contributed by atoms with Crippen molar-refractivity contribution in [2.75, 3.05) is 0 Å². The Labute approximate surface area is 73.5 Å². The van der Waals surface area contributed by atoms with E-state index in [1.807, 2.05) is 0 Å². The second-order valence-electron chi connectivity index (χ2n) is 0.556. The molecule has 0 radical (unpaired) electrons. The van der Waals surface area contributed by atoms with E-state index in [2.05, 4.69) is 0 Å². The summed E-state index contributed by atoms with van der Waals surface area (Å²) in [5.74, 6) is 0. The number of rotatable bonds is 0. The van der Waals surface area contributed by atoms with Crippen molar-refractivity contribution < 1.29 is 2.67 Å². The van der Waals surface area contributed by atoms with E-state index in [1.54, 1.807) is 0 Å². The van der Waals surface area contributed by atoms with Crippen molar-refractivity contribution in [1.29, 1.82) is 0 Å². The summed E-state index contributed by atoms with van der Waals surface area (Å²) < 4.78 is 15.2. The van der Waals surface area contributed by atoms with Gasteiger partial charge in [-0.2, -0.15) is 0 Å². The van der Waals surface area contributed by atoms with Gasteiger partial charge in [0.2, 0.25) is 0 Å². The van der Waals surface area contributed by atoms with Gasteiger partial charge in [-0.05, 0) is 0 Å². The summed E-state index contributed by atoms with van der Waals surface area (Å²) in [7, 11) is 0. The van der Waals surface area contributed by atoms with Gasteiger partial charge in [0.15, 0.2) is 0 Å². The molecule has 3 nitrogen and oxygen atoms in total. The van der Waals surface area contributed by atoms with Crippen LogP contribution in [-0.2, 0) is 2.67 Å². The monoisotopic (exact) mass is 678 g/mol. The van der Waals surface area contributed by atoms with E-state index in [0.29, 0.717) is 0 Å². The van der Waals surface area contributed by atoms with Gasteiger partial charge in [-0.15, -0.1) is 0 Å². The second-order valence-corrected chi connectivity index (χ2v) is 25.8. The average Bonchev–Trinajstić information content (AvgIpc) is 1.72. The van der Waals surface area contributed by atoms with Crippen LogP contribution in [0.4, 0.5) is 0 Å². The zero-order valence-corrected chi connectivity index (χ0v) is 14.4. The van der Waals surface area contributed by atoms with Crippen LogP contribution in [0.25, 0.3) is 0 Å². The van der Waals surface area contributed by atoms with E-state index >= 15 is 0 Å². The Morgan fingerprint density at radius 2 is 1.00 bits per heavy atom. The molecule has 1 heterocycles. The summed E-state index contributed by atoms with van der Waals surface area (Å²) in [5, 5.41) is 0. The van der Waals surface area contributed by atoms with Crippen molar-refractivity contribution in [1.82, 2.24) is 0 Å². The first-order valence-electron chi connectivity index (χ1n) is 1.22. The first-order valence-corrected chi connectivity index (χ1v) is 10.7. The molecule has 0 aromatic rings. The van der Waals surface area contributed by atoms with Crippen LogP contribution in [0.2, 0.25) is 0 Å². The molecule has 0 aliphatic carbocycles. The minimum absolute atomic E-state index is 0.840. The van der Waals surface area contributed by atoms with Crippen molar-refractivity contribution >= 4 is 72.3 Å². The molecule has 1 aliphatic heterocycles. The third kappa shape index (κ3) is 2.74. The van der Waals surface area contributed by atoms with Crippen LogP contribution in [0.5, 0.6) is 0 Å². The van der Waals surface area contributed by atoms with Gasteiger partial charge in [-0.1, -0.05) is 0 Å². The van der Waals surface area contributed by atoms with E-state index < -0.39 is 72.3 Å². The Kier molecular flexibility index (Phi) is 4.89. The molecule has 1 rings (SSSR count). The average molecular weight is 678 g/mol. The van der Waals surface area contributed by atoms with Crippen LogP contribution in [0.1, 0.15) is 0 Å². The summed E-state index contributed by atoms with van der Waals surface area (Å²) in [6.45, 7) is 0. The maximum atomic E-state index is 5.06. The minimum atomic E-state index is -0.840. The van der Waals surface area contributed by atoms with Crippen molar-refractivity contribution in [2.24, 2.45) is 0 Å². The molecule has 0 amide bonds. The molecule has 0 unspecified atom stereocenters. The van der Waals surface area contributed by atoms with Crippen molar-refractivity contribution in [3.8, 4) is 0 Å². The maximum absolute atomic E-state index is 5.06. The molecule has 0 spiro atoms. The van der Waals surface area contributed by atoms with Crippen LogP contribution in [0.15, 0.2) is 0 Å². The van der Waals surface area contributed by atoms with Crippen LogP contribution in [0, 0.1) is 0 Å². The Bertz CT molecular complexity index is 21.5. The van der Waals surface area contributed by atoms with Crippen LogP contribution >= 0.6 is 0 Å². The van der Waals surface area contributed by atoms with Crippen molar-refractivity contribution in [3.05, 3.63) is 0 Å². The molecule has 1 fully saturated rings. The van der Waals surface area contributed by atoms with E-state index in [1.165, 1.54) is 0 Å². The van der Waals surface area contributed by atoms with Gasteiger partial charge in [-0.25, -0.2) is 0 Å². The first-order chi connectivity index (χ1) is 3.00. The molecule has 36 valence electrons. The fourth-order valence-corrected chi connectivity index (χ4v) is 46.2. The molecule has 1 saturated heterocycles. The zero-order valence-electron chi connectivity index (χ0n) is 2.72. The summed E-state index contributed by atoms with van der Waals surface area (Å²) in [5.41, 5.74) is 0. The van der Waals surface area contributed by atoms with Gasteiger partial charge in [0, 0.05) is 0 Å². The predicted molar refractivity (Wildman–Crippen MR) is 24.7 cm³/mol. The van der Waals surface area contributed by atoms with Gasteiger partial charge >= 0.3 is 75.0 Å². The molecule has 1 aliphatic rings. The van der Waals surface area contributed by atoms with Crippen LogP contribution in [0.3, 0.4) is 0 Å². The van der Waals surface area contributed by atoms with E-state index in [4.69, 9.17) is 2.67 Å². The van der Waals surface area contributed by atoms with Gasteiger partial charge in [0.1, 0.15) is 0 Å². The molecule has 0 atom stereocenters. The standard InChI is InChI=1S/3Bi.3O.3H. The van der Waals surface area contributed by atoms with E-state index in [0.717, 1.165) is 0 Å². The van der Waals surface area contributed by atoms with Gasteiger partial charge in [0.05, 0.1) is 0 Å². The van der Waals surface area contributed by atoms with E-state index in [9.17, 15) is 0 Å². The first kappa shape index (κ1) is 6.65. The molecule has 0 aromatic heterocycles. The summed E-state index contributed by atoms with van der Waals surface area (Å²) >= 11 is -2.52. The third-order valence-corrected chi connectivity index (χ3v) is 19.3. The summed E-state index contributed by atoms with van der Waals surface area (Å²) in [6, 6.07) is 0. The Balaban J connectivity index is 2.00. The molecule has 0 N–H and O–H groups in total. The summed E-state index contributed by atoms with van der Waals surface area (Å²) in [4.78, 5) is 0. The van der Waals surface area contributed by atoms with Gasteiger partial charge < -0.3 is 0 Å². The SMILES string of the molecule is [O]1[BiH][O][BiH][O][BiH]1. The zero-order chi connectivity index (χ0) is 4.24. The van der Waals surface area contributed by atoms with E-state index in [-0.39, 0.29) is 0 Å². The molecule has 0 aromatic carbocycles. The van der Waals surface area contributed by atoms with Crippen molar-refractivity contribution in [2.45, 2.75) is 0 Å². The predicted octanol–water partition coefficient (Wildman–Crippen LogP) is -2.15. The Hall–Kier alpha value is 2.53. The molecule has 0 saturated carbocycles. The fourth-order valence-electron chi connectivity index (χ4n) is 0.114. The summed E-state index contributed by atoms with van der Waals surface area (Å²) in [6.07, 6.45) is 0. The van der Waals surface area contributed by atoms with Gasteiger partial charge in [-0.3, -0.25) is 0 Å². The topological polar surface area (TPSA) is 27.7 Å². The Morgan fingerprint density at radius 3 is 1.17 bits per heavy atom. The van der Waals surface area contributed by atoms with Gasteiger partial charge in [0.25, 0.3) is 0 Å². The van der Waals surface area contributed by atoms with Crippen LogP contribution in [-0.4, -0.2) is 72.3 Å². The second kappa shape index (κ2) is 4.41. The molecular weight excluding hydrogens is 675 g/mol. The molecule has 6 heteroatoms. The fraction of sp³-hybridized carbons (Fsp3) is 0. The number of hydrogen-bond donors (Lipinski definition) is 0. The normalized spacial score (nSPS) is 24.0. The molecule has 6 heavy (non-hydrogen) atoms. The van der Waals surface area contributed by atoms with Crippen molar-refractivity contribution in [3.63, 3.8) is 0 Å².